The minimum atomic E-state index is -0.270. The van der Waals surface area contributed by atoms with Crippen LogP contribution >= 0.6 is 0 Å². The molecule has 5 heteroatoms. The molecule has 0 saturated carbocycles. The minimum Gasteiger partial charge on any atom is -0.496 e. The molecule has 0 spiro atoms. The highest BCUT2D eigenvalue weighted by Gasteiger charge is 2.12. The Labute approximate surface area is 129 Å². The molecule has 0 aliphatic heterocycles. The second-order valence-electron chi connectivity index (χ2n) is 4.67. The van der Waals surface area contributed by atoms with Crippen molar-refractivity contribution in [2.75, 3.05) is 26.1 Å². The van der Waals surface area contributed by atoms with Crippen LogP contribution in [0.4, 0.5) is 5.69 Å². The van der Waals surface area contributed by atoms with Crippen LogP contribution in [0.15, 0.2) is 42.5 Å². The maximum Gasteiger partial charge on any atom is 0.262 e. The van der Waals surface area contributed by atoms with Crippen LogP contribution in [0.25, 0.3) is 0 Å². The van der Waals surface area contributed by atoms with Crippen molar-refractivity contribution in [1.82, 2.24) is 0 Å². The van der Waals surface area contributed by atoms with Crippen molar-refractivity contribution in [3.8, 4) is 17.2 Å². The molecule has 0 aromatic heterocycles. The van der Waals surface area contributed by atoms with Gasteiger partial charge in [0, 0.05) is 6.07 Å². The third kappa shape index (κ3) is 3.91. The smallest absolute Gasteiger partial charge is 0.262 e. The van der Waals surface area contributed by atoms with E-state index in [1.165, 1.54) is 0 Å². The van der Waals surface area contributed by atoms with E-state index in [1.807, 2.05) is 31.2 Å². The van der Waals surface area contributed by atoms with Crippen LogP contribution in [0.3, 0.4) is 0 Å². The minimum absolute atomic E-state index is 0.0800. The summed E-state index contributed by atoms with van der Waals surface area (Å²) in [5.41, 5.74) is 1.48. The molecule has 2 aromatic carbocycles. The Bertz CT molecular complexity index is 641. The lowest BCUT2D eigenvalue weighted by molar-refractivity contribution is -0.118. The van der Waals surface area contributed by atoms with E-state index in [4.69, 9.17) is 14.2 Å². The lowest BCUT2D eigenvalue weighted by Crippen LogP contribution is -2.20. The fraction of sp³-hybridized carbons (Fsp3) is 0.235. The quantitative estimate of drug-likeness (QED) is 0.891. The molecular weight excluding hydrogens is 282 g/mol. The number of benzene rings is 2. The van der Waals surface area contributed by atoms with Gasteiger partial charge in [0.05, 0.1) is 19.9 Å². The average Bonchev–Trinajstić information content (AvgIpc) is 2.55. The predicted octanol–water partition coefficient (Wildman–Crippen LogP) is 3.03. The van der Waals surface area contributed by atoms with Crippen molar-refractivity contribution in [3.05, 3.63) is 48.0 Å². The largest absolute Gasteiger partial charge is 0.496 e. The van der Waals surface area contributed by atoms with Gasteiger partial charge >= 0.3 is 0 Å². The summed E-state index contributed by atoms with van der Waals surface area (Å²) < 4.78 is 15.9. The number of carbonyl (C=O) groups excluding carboxylic acids is 1. The molecule has 0 atom stereocenters. The lowest BCUT2D eigenvalue weighted by Gasteiger charge is -2.14. The first kappa shape index (κ1) is 15.7. The van der Waals surface area contributed by atoms with Crippen molar-refractivity contribution >= 4 is 11.6 Å². The third-order valence-corrected chi connectivity index (χ3v) is 3.10. The zero-order valence-corrected chi connectivity index (χ0v) is 12.9. The zero-order chi connectivity index (χ0) is 15.9. The van der Waals surface area contributed by atoms with Crippen LogP contribution in [-0.4, -0.2) is 26.7 Å². The van der Waals surface area contributed by atoms with Gasteiger partial charge in [0.25, 0.3) is 5.91 Å². The molecule has 1 N–H and O–H groups in total. The Balaban J connectivity index is 2.04. The molecule has 116 valence electrons. The van der Waals surface area contributed by atoms with Crippen molar-refractivity contribution in [1.29, 1.82) is 0 Å². The second-order valence-corrected chi connectivity index (χ2v) is 4.67. The van der Waals surface area contributed by atoms with Gasteiger partial charge in [-0.25, -0.2) is 0 Å². The summed E-state index contributed by atoms with van der Waals surface area (Å²) in [5.74, 6) is 1.63. The summed E-state index contributed by atoms with van der Waals surface area (Å²) in [5, 5.41) is 2.76. The van der Waals surface area contributed by atoms with Crippen molar-refractivity contribution < 1.29 is 19.0 Å². The molecule has 0 fully saturated rings. The van der Waals surface area contributed by atoms with Gasteiger partial charge in [0.15, 0.2) is 6.61 Å². The topological polar surface area (TPSA) is 56.8 Å². The number of hydrogen-bond acceptors (Lipinski definition) is 4. The first-order valence-corrected chi connectivity index (χ1v) is 6.84. The van der Waals surface area contributed by atoms with E-state index in [0.717, 1.165) is 5.56 Å². The molecule has 0 unspecified atom stereocenters. The molecule has 0 radical (unpaired) electrons. The molecule has 0 aliphatic rings. The number of carbonyl (C=O) groups is 1. The van der Waals surface area contributed by atoms with Gasteiger partial charge in [-0.05, 0) is 30.7 Å². The summed E-state index contributed by atoms with van der Waals surface area (Å²) in [6, 6.07) is 12.7. The van der Waals surface area contributed by atoms with Gasteiger partial charge in [0.2, 0.25) is 0 Å². The normalized spacial score (nSPS) is 9.95. The summed E-state index contributed by atoms with van der Waals surface area (Å²) in [7, 11) is 3.14. The van der Waals surface area contributed by atoms with Gasteiger partial charge in [-0.2, -0.15) is 0 Å². The molecular formula is C17H19NO4. The van der Waals surface area contributed by atoms with Gasteiger partial charge in [-0.1, -0.05) is 18.2 Å². The fourth-order valence-electron chi connectivity index (χ4n) is 2.00. The van der Waals surface area contributed by atoms with Gasteiger partial charge in [0.1, 0.15) is 17.2 Å². The first-order chi connectivity index (χ1) is 10.6. The Morgan fingerprint density at radius 3 is 2.36 bits per heavy atom. The highest BCUT2D eigenvalue weighted by Crippen LogP contribution is 2.32. The van der Waals surface area contributed by atoms with E-state index in [9.17, 15) is 4.79 Å². The zero-order valence-electron chi connectivity index (χ0n) is 12.9. The fourth-order valence-corrected chi connectivity index (χ4v) is 2.00. The lowest BCUT2D eigenvalue weighted by atomic mass is 10.2. The number of anilines is 1. The van der Waals surface area contributed by atoms with E-state index in [1.54, 1.807) is 32.4 Å². The molecule has 0 heterocycles. The number of methoxy groups -OCH3 is 2. The number of para-hydroxylation sites is 1. The molecule has 0 aliphatic carbocycles. The number of hydrogen-bond donors (Lipinski definition) is 1. The van der Waals surface area contributed by atoms with Crippen LogP contribution in [-0.2, 0) is 4.79 Å². The third-order valence-electron chi connectivity index (χ3n) is 3.10. The molecule has 22 heavy (non-hydrogen) atoms. The summed E-state index contributed by atoms with van der Waals surface area (Å²) in [4.78, 5) is 12.0. The summed E-state index contributed by atoms with van der Waals surface area (Å²) in [6.45, 7) is 1.83. The summed E-state index contributed by atoms with van der Waals surface area (Å²) >= 11 is 0. The van der Waals surface area contributed by atoms with Gasteiger partial charge in [-0.15, -0.1) is 0 Å². The highest BCUT2D eigenvalue weighted by atomic mass is 16.5. The Morgan fingerprint density at radius 1 is 1.05 bits per heavy atom. The van der Waals surface area contributed by atoms with E-state index in [2.05, 4.69) is 5.32 Å². The predicted molar refractivity (Wildman–Crippen MR) is 84.8 cm³/mol. The van der Waals surface area contributed by atoms with Crippen molar-refractivity contribution in [2.45, 2.75) is 6.92 Å². The van der Waals surface area contributed by atoms with Crippen molar-refractivity contribution in [3.63, 3.8) is 0 Å². The number of rotatable bonds is 6. The van der Waals surface area contributed by atoms with Gasteiger partial charge < -0.3 is 19.5 Å². The second kappa shape index (κ2) is 7.36. The maximum absolute atomic E-state index is 12.0. The van der Waals surface area contributed by atoms with E-state index >= 15 is 0 Å². The molecule has 2 rings (SSSR count). The van der Waals surface area contributed by atoms with Crippen molar-refractivity contribution in [2.24, 2.45) is 0 Å². The number of amides is 1. The van der Waals surface area contributed by atoms with Gasteiger partial charge in [-0.3, -0.25) is 4.79 Å². The number of ether oxygens (including phenoxy) is 3. The maximum atomic E-state index is 12.0. The highest BCUT2D eigenvalue weighted by molar-refractivity contribution is 5.93. The molecule has 0 saturated heterocycles. The van der Waals surface area contributed by atoms with E-state index in [-0.39, 0.29) is 12.5 Å². The monoisotopic (exact) mass is 301 g/mol. The Kier molecular flexibility index (Phi) is 5.25. The molecule has 5 nitrogen and oxygen atoms in total. The average molecular weight is 301 g/mol. The number of aryl methyl sites for hydroxylation is 1. The van der Waals surface area contributed by atoms with Crippen LogP contribution < -0.4 is 19.5 Å². The van der Waals surface area contributed by atoms with Crippen LogP contribution in [0.2, 0.25) is 0 Å². The molecule has 1 amide bonds. The SMILES string of the molecule is COc1cc(NC(=O)COc2ccccc2)c(OC)cc1C. The van der Waals surface area contributed by atoms with E-state index < -0.39 is 0 Å². The van der Waals surface area contributed by atoms with Crippen LogP contribution in [0, 0.1) is 6.92 Å². The first-order valence-electron chi connectivity index (χ1n) is 6.84. The van der Waals surface area contributed by atoms with Crippen LogP contribution in [0.1, 0.15) is 5.56 Å². The van der Waals surface area contributed by atoms with E-state index in [0.29, 0.717) is 22.9 Å². The standard InChI is InChI=1S/C17H19NO4/c1-12-9-16(21-3)14(10-15(12)20-2)18-17(19)11-22-13-7-5-4-6-8-13/h4-10H,11H2,1-3H3,(H,18,19). The summed E-state index contributed by atoms with van der Waals surface area (Å²) in [6.07, 6.45) is 0. The van der Waals surface area contributed by atoms with Crippen LogP contribution in [0.5, 0.6) is 17.2 Å². The molecule has 0 bridgehead atoms. The Morgan fingerprint density at radius 2 is 1.73 bits per heavy atom. The Hall–Kier alpha value is -2.69. The number of nitrogens with one attached hydrogen (secondary N) is 1. The molecule has 2 aromatic rings.